The van der Waals surface area contributed by atoms with Gasteiger partial charge in [-0.25, -0.2) is 4.79 Å². The molecule has 1 heterocycles. The van der Waals surface area contributed by atoms with E-state index in [1.165, 1.54) is 11.6 Å². The number of phenols is 1. The van der Waals surface area contributed by atoms with Crippen molar-refractivity contribution in [2.24, 2.45) is 0 Å². The number of aryl methyl sites for hydroxylation is 1. The van der Waals surface area contributed by atoms with Crippen LogP contribution in [0.4, 0.5) is 10.5 Å². The minimum Gasteiger partial charge on any atom is -0.506 e. The molecule has 10 heteroatoms. The van der Waals surface area contributed by atoms with Gasteiger partial charge < -0.3 is 29.7 Å². The van der Waals surface area contributed by atoms with Gasteiger partial charge in [0.15, 0.2) is 8.32 Å². The number of hydrogen-bond donors (Lipinski definition) is 5. The first kappa shape index (κ1) is 38.3. The number of aromatic hydroxyl groups is 1. The molecule has 5 N–H and O–H groups in total. The van der Waals surface area contributed by atoms with Crippen molar-refractivity contribution in [3.05, 3.63) is 124 Å². The number of aromatic nitrogens is 1. The van der Waals surface area contributed by atoms with Gasteiger partial charge in [0.05, 0.1) is 23.9 Å². The van der Waals surface area contributed by atoms with E-state index in [2.05, 4.69) is 67.7 Å². The van der Waals surface area contributed by atoms with Crippen LogP contribution in [0.15, 0.2) is 102 Å². The van der Waals surface area contributed by atoms with E-state index in [0.717, 1.165) is 65.6 Å². The minimum absolute atomic E-state index is 0.0115. The van der Waals surface area contributed by atoms with Crippen molar-refractivity contribution in [3.63, 3.8) is 0 Å². The van der Waals surface area contributed by atoms with E-state index >= 15 is 0 Å². The molecule has 1 atom stereocenters. The molecule has 0 aliphatic carbocycles. The van der Waals surface area contributed by atoms with E-state index in [1.54, 1.807) is 12.1 Å². The van der Waals surface area contributed by atoms with Crippen LogP contribution in [0, 0.1) is 0 Å². The summed E-state index contributed by atoms with van der Waals surface area (Å²) < 4.78 is 13.0. The maximum Gasteiger partial charge on any atom is 0.409 e. The number of anilines is 1. The highest BCUT2D eigenvalue weighted by molar-refractivity contribution is 6.74. The number of amides is 1. The molecule has 4 aromatic carbocycles. The van der Waals surface area contributed by atoms with E-state index in [0.29, 0.717) is 24.4 Å². The number of nitrogens with one attached hydrogen (secondary N) is 3. The first-order chi connectivity index (χ1) is 24.8. The molecule has 1 amide bonds. The summed E-state index contributed by atoms with van der Waals surface area (Å²) in [4.78, 5) is 26.1. The third-order valence-electron chi connectivity index (χ3n) is 9.88. The van der Waals surface area contributed by atoms with E-state index < -0.39 is 14.4 Å². The molecule has 5 aromatic rings. The Balaban J connectivity index is 1.11. The number of unbranched alkanes of at least 4 members (excludes halogenated alkanes) is 1. The van der Waals surface area contributed by atoms with Crippen LogP contribution in [0.3, 0.4) is 0 Å². The fraction of sp³-hybridized carbons (Fsp3) is 0.333. The Hall–Kier alpha value is -4.90. The number of hydrogen-bond acceptors (Lipinski definition) is 6. The van der Waals surface area contributed by atoms with Crippen molar-refractivity contribution in [2.45, 2.75) is 70.7 Å². The van der Waals surface area contributed by atoms with Crippen LogP contribution < -0.4 is 20.9 Å². The summed E-state index contributed by atoms with van der Waals surface area (Å²) in [6, 6.07) is 30.7. The van der Waals surface area contributed by atoms with Crippen LogP contribution >= 0.6 is 0 Å². The highest BCUT2D eigenvalue weighted by atomic mass is 28.4. The Bertz CT molecular complexity index is 2010. The SMILES string of the molecule is CC(C)(C)[Si](C)(C)O[C@H](CNCCc1ccc(OCCCCc2ccc(NC(=O)O)c(-c3ccccc3)c2)cc1)c1ccc(O)c2[nH]c(=O)ccc12. The lowest BCUT2D eigenvalue weighted by atomic mass is 9.98. The van der Waals surface area contributed by atoms with E-state index in [-0.39, 0.29) is 22.5 Å². The predicted octanol–water partition coefficient (Wildman–Crippen LogP) is 9.29. The average molecular weight is 722 g/mol. The first-order valence-electron chi connectivity index (χ1n) is 17.9. The number of aromatic amines is 1. The van der Waals surface area contributed by atoms with Crippen LogP contribution in [0.2, 0.25) is 18.1 Å². The van der Waals surface area contributed by atoms with Gasteiger partial charge in [-0.2, -0.15) is 0 Å². The summed E-state index contributed by atoms with van der Waals surface area (Å²) in [5, 5.41) is 26.6. The molecule has 0 fully saturated rings. The van der Waals surface area contributed by atoms with Gasteiger partial charge in [-0.15, -0.1) is 0 Å². The quantitative estimate of drug-likeness (QED) is 0.0507. The van der Waals surface area contributed by atoms with Crippen molar-refractivity contribution in [1.82, 2.24) is 10.3 Å². The molecule has 0 aliphatic rings. The Morgan fingerprint density at radius 1 is 0.885 bits per heavy atom. The minimum atomic E-state index is -2.16. The van der Waals surface area contributed by atoms with Crippen LogP contribution in [-0.2, 0) is 17.3 Å². The highest BCUT2D eigenvalue weighted by Gasteiger charge is 2.39. The summed E-state index contributed by atoms with van der Waals surface area (Å²) >= 11 is 0. The standard InChI is InChI=1S/C42H51N3O6Si/c1-42(2,3)52(4,5)51-38(33-19-22-37(46)40-34(33)20-23-39(47)45-40)28-43-25-24-29-14-17-32(18-15-29)50-26-10-9-11-30-16-21-36(44-41(48)49)35(27-30)31-12-7-6-8-13-31/h6-8,12-23,27,38,43-44,46H,9-11,24-26,28H2,1-5H3,(H,45,47)(H,48,49)/t38-/m1/s1. The molecule has 52 heavy (non-hydrogen) atoms. The van der Waals surface area contributed by atoms with Crippen molar-refractivity contribution in [2.75, 3.05) is 25.0 Å². The summed E-state index contributed by atoms with van der Waals surface area (Å²) in [6.07, 6.45) is 2.21. The second-order valence-corrected chi connectivity index (χ2v) is 19.5. The molecular formula is C42H51N3O6Si. The summed E-state index contributed by atoms with van der Waals surface area (Å²) in [5.41, 5.74) is 5.87. The smallest absolute Gasteiger partial charge is 0.409 e. The number of fused-ring (bicyclic) bond motifs is 1. The van der Waals surface area contributed by atoms with Gasteiger partial charge in [0.2, 0.25) is 5.56 Å². The molecule has 9 nitrogen and oxygen atoms in total. The van der Waals surface area contributed by atoms with Crippen LogP contribution in [0.25, 0.3) is 22.0 Å². The summed E-state index contributed by atoms with van der Waals surface area (Å²) in [7, 11) is -2.16. The van der Waals surface area contributed by atoms with Crippen molar-refractivity contribution >= 4 is 31.0 Å². The van der Waals surface area contributed by atoms with Gasteiger partial charge in [-0.05, 0) is 109 Å². The van der Waals surface area contributed by atoms with Gasteiger partial charge in [0.1, 0.15) is 11.5 Å². The van der Waals surface area contributed by atoms with Gasteiger partial charge in [-0.3, -0.25) is 10.1 Å². The highest BCUT2D eigenvalue weighted by Crippen LogP contribution is 2.41. The van der Waals surface area contributed by atoms with Gasteiger partial charge in [0, 0.05) is 23.6 Å². The van der Waals surface area contributed by atoms with Crippen molar-refractivity contribution in [3.8, 4) is 22.6 Å². The second kappa shape index (κ2) is 17.1. The molecule has 1 aromatic heterocycles. The molecule has 5 rings (SSSR count). The number of carboxylic acid groups (broad SMARTS) is 1. The maximum atomic E-state index is 12.0. The van der Waals surface area contributed by atoms with Gasteiger partial charge >= 0.3 is 6.09 Å². The summed E-state index contributed by atoms with van der Waals surface area (Å²) in [5.74, 6) is 0.882. The zero-order valence-electron chi connectivity index (χ0n) is 30.8. The molecule has 0 aliphatic heterocycles. The first-order valence-corrected chi connectivity index (χ1v) is 20.8. The molecule has 0 radical (unpaired) electrons. The van der Waals surface area contributed by atoms with E-state index in [9.17, 15) is 19.8 Å². The predicted molar refractivity (Wildman–Crippen MR) is 212 cm³/mol. The maximum absolute atomic E-state index is 12.0. The molecular weight excluding hydrogens is 671 g/mol. The zero-order valence-corrected chi connectivity index (χ0v) is 31.8. The third-order valence-corrected chi connectivity index (χ3v) is 14.4. The number of pyridine rings is 1. The lowest BCUT2D eigenvalue weighted by Gasteiger charge is -2.39. The Labute approximate surface area is 307 Å². The molecule has 0 unspecified atom stereocenters. The fourth-order valence-electron chi connectivity index (χ4n) is 5.95. The lowest BCUT2D eigenvalue weighted by molar-refractivity contribution is 0.182. The second-order valence-electron chi connectivity index (χ2n) is 14.7. The van der Waals surface area contributed by atoms with Gasteiger partial charge in [-0.1, -0.05) is 75.4 Å². The van der Waals surface area contributed by atoms with Crippen LogP contribution in [0.1, 0.15) is 56.4 Å². The Kier molecular flexibility index (Phi) is 12.6. The molecule has 274 valence electrons. The number of rotatable bonds is 16. The Morgan fingerprint density at radius 2 is 1.62 bits per heavy atom. The van der Waals surface area contributed by atoms with Crippen molar-refractivity contribution in [1.29, 1.82) is 0 Å². The number of phenolic OH excluding ortho intramolecular Hbond substituents is 1. The van der Waals surface area contributed by atoms with E-state index in [4.69, 9.17) is 9.16 Å². The molecule has 0 saturated heterocycles. The summed E-state index contributed by atoms with van der Waals surface area (Å²) in [6.45, 7) is 13.1. The lowest BCUT2D eigenvalue weighted by Crippen LogP contribution is -2.43. The number of ether oxygens (including phenoxy) is 1. The number of H-pyrrole nitrogens is 1. The normalized spacial score (nSPS) is 12.5. The van der Waals surface area contributed by atoms with E-state index in [1.807, 2.05) is 60.7 Å². The largest absolute Gasteiger partial charge is 0.506 e. The molecule has 0 saturated carbocycles. The molecule has 0 spiro atoms. The topological polar surface area (TPSA) is 133 Å². The van der Waals surface area contributed by atoms with Gasteiger partial charge in [0.25, 0.3) is 0 Å². The Morgan fingerprint density at radius 3 is 2.33 bits per heavy atom. The van der Waals surface area contributed by atoms with Crippen LogP contribution in [0.5, 0.6) is 11.5 Å². The van der Waals surface area contributed by atoms with Crippen LogP contribution in [-0.4, -0.2) is 49.3 Å². The zero-order chi connectivity index (χ0) is 37.3. The fourth-order valence-corrected chi connectivity index (χ4v) is 7.23. The monoisotopic (exact) mass is 721 g/mol. The third kappa shape index (κ3) is 10.1. The van der Waals surface area contributed by atoms with Crippen molar-refractivity contribution < 1.29 is 24.2 Å². The molecule has 0 bridgehead atoms. The number of carbonyl (C=O) groups is 1. The number of benzene rings is 4. The average Bonchev–Trinajstić information content (AvgIpc) is 3.10.